The molecular formula is C18H25Cl2N5O. The molecule has 2 aliphatic rings. The zero-order chi connectivity index (χ0) is 16.6. The topological polar surface area (TPSA) is 77.0 Å². The van der Waals surface area contributed by atoms with Gasteiger partial charge in [-0.15, -0.1) is 35.0 Å². The van der Waals surface area contributed by atoms with Crippen LogP contribution in [-0.4, -0.2) is 37.7 Å². The molecule has 142 valence electrons. The zero-order valence-corrected chi connectivity index (χ0v) is 16.3. The Morgan fingerprint density at radius 1 is 1.00 bits per heavy atom. The van der Waals surface area contributed by atoms with E-state index in [-0.39, 0.29) is 30.7 Å². The van der Waals surface area contributed by atoms with Gasteiger partial charge in [-0.05, 0) is 12.8 Å². The molecule has 1 amide bonds. The van der Waals surface area contributed by atoms with E-state index in [1.807, 2.05) is 35.2 Å². The predicted molar refractivity (Wildman–Crippen MR) is 105 cm³/mol. The molecule has 8 heteroatoms. The Kier molecular flexibility index (Phi) is 6.66. The first-order valence-electron chi connectivity index (χ1n) is 8.73. The molecule has 0 spiro atoms. The molecule has 1 fully saturated rings. The summed E-state index contributed by atoms with van der Waals surface area (Å²) < 4.78 is 2.11. The van der Waals surface area contributed by atoms with Crippen molar-refractivity contribution in [3.05, 3.63) is 36.2 Å². The van der Waals surface area contributed by atoms with Crippen LogP contribution in [0.25, 0.3) is 11.4 Å². The van der Waals surface area contributed by atoms with Crippen molar-refractivity contribution in [3.63, 3.8) is 0 Å². The summed E-state index contributed by atoms with van der Waals surface area (Å²) in [5.41, 5.74) is 6.79. The summed E-state index contributed by atoms with van der Waals surface area (Å²) in [6.07, 6.45) is 4.87. The van der Waals surface area contributed by atoms with Crippen LogP contribution in [0, 0.1) is 0 Å². The maximum absolute atomic E-state index is 12.9. The van der Waals surface area contributed by atoms with Crippen LogP contribution in [0.2, 0.25) is 0 Å². The largest absolute Gasteiger partial charge is 0.332 e. The van der Waals surface area contributed by atoms with Gasteiger partial charge in [0, 0.05) is 18.7 Å². The van der Waals surface area contributed by atoms with E-state index < -0.39 is 5.54 Å². The highest BCUT2D eigenvalue weighted by Crippen LogP contribution is 2.29. The molecule has 0 radical (unpaired) electrons. The monoisotopic (exact) mass is 397 g/mol. The Labute approximate surface area is 166 Å². The third-order valence-corrected chi connectivity index (χ3v) is 5.24. The minimum atomic E-state index is -0.678. The van der Waals surface area contributed by atoms with Crippen molar-refractivity contribution >= 4 is 30.7 Å². The van der Waals surface area contributed by atoms with Crippen molar-refractivity contribution in [1.29, 1.82) is 0 Å². The number of aromatic nitrogens is 3. The molecular weight excluding hydrogens is 373 g/mol. The lowest BCUT2D eigenvalue weighted by Gasteiger charge is -2.38. The molecule has 0 saturated heterocycles. The van der Waals surface area contributed by atoms with Gasteiger partial charge in [-0.25, -0.2) is 0 Å². The third-order valence-electron chi connectivity index (χ3n) is 5.24. The van der Waals surface area contributed by atoms with Gasteiger partial charge in [0.1, 0.15) is 0 Å². The number of hydrogen-bond donors (Lipinski definition) is 1. The van der Waals surface area contributed by atoms with Gasteiger partial charge in [-0.3, -0.25) is 4.79 Å². The van der Waals surface area contributed by atoms with E-state index >= 15 is 0 Å². The first-order chi connectivity index (χ1) is 11.7. The number of nitrogens with zero attached hydrogens (tertiary/aromatic N) is 4. The third kappa shape index (κ3) is 3.72. The number of halogens is 2. The van der Waals surface area contributed by atoms with Crippen LogP contribution in [0.15, 0.2) is 30.3 Å². The van der Waals surface area contributed by atoms with Gasteiger partial charge in [0.2, 0.25) is 5.91 Å². The number of carbonyl (C=O) groups is 1. The van der Waals surface area contributed by atoms with E-state index in [0.717, 1.165) is 42.9 Å². The zero-order valence-electron chi connectivity index (χ0n) is 14.6. The summed E-state index contributed by atoms with van der Waals surface area (Å²) >= 11 is 0. The highest BCUT2D eigenvalue weighted by Gasteiger charge is 2.39. The maximum atomic E-state index is 12.9. The highest BCUT2D eigenvalue weighted by molar-refractivity contribution is 5.86. The SMILES string of the molecule is Cl.Cl.NC1(C(=O)N2CCn3c(nnc3-c3ccccc3)C2)CCCCC1. The quantitative estimate of drug-likeness (QED) is 0.844. The number of nitrogens with two attached hydrogens (primary N) is 1. The fourth-order valence-corrected chi connectivity index (χ4v) is 3.84. The Bertz CT molecular complexity index is 743. The normalized spacial score (nSPS) is 18.3. The van der Waals surface area contributed by atoms with Gasteiger partial charge in [0.05, 0.1) is 12.1 Å². The molecule has 1 aromatic heterocycles. The molecule has 2 aromatic rings. The molecule has 26 heavy (non-hydrogen) atoms. The second-order valence-electron chi connectivity index (χ2n) is 6.90. The fourth-order valence-electron chi connectivity index (χ4n) is 3.84. The second kappa shape index (κ2) is 8.37. The van der Waals surface area contributed by atoms with Gasteiger partial charge in [-0.2, -0.15) is 0 Å². The Morgan fingerprint density at radius 3 is 2.38 bits per heavy atom. The molecule has 2 heterocycles. The number of benzene rings is 1. The molecule has 1 aromatic carbocycles. The lowest BCUT2D eigenvalue weighted by atomic mass is 9.81. The van der Waals surface area contributed by atoms with Crippen molar-refractivity contribution in [3.8, 4) is 11.4 Å². The van der Waals surface area contributed by atoms with E-state index in [1.54, 1.807) is 0 Å². The first kappa shape index (κ1) is 20.7. The van der Waals surface area contributed by atoms with Crippen LogP contribution >= 0.6 is 24.8 Å². The van der Waals surface area contributed by atoms with Gasteiger partial charge in [0.15, 0.2) is 11.6 Å². The Balaban J connectivity index is 0.00000121. The summed E-state index contributed by atoms with van der Waals surface area (Å²) in [4.78, 5) is 14.8. The number of rotatable bonds is 2. The van der Waals surface area contributed by atoms with Crippen molar-refractivity contribution in [1.82, 2.24) is 19.7 Å². The second-order valence-corrected chi connectivity index (χ2v) is 6.90. The number of amides is 1. The summed E-state index contributed by atoms with van der Waals surface area (Å²) in [6, 6.07) is 10.0. The van der Waals surface area contributed by atoms with E-state index in [0.29, 0.717) is 19.6 Å². The lowest BCUT2D eigenvalue weighted by molar-refractivity contribution is -0.139. The van der Waals surface area contributed by atoms with Gasteiger partial charge in [-0.1, -0.05) is 49.6 Å². The van der Waals surface area contributed by atoms with E-state index in [1.165, 1.54) is 6.42 Å². The van der Waals surface area contributed by atoms with Crippen LogP contribution in [0.3, 0.4) is 0 Å². The number of hydrogen-bond acceptors (Lipinski definition) is 4. The van der Waals surface area contributed by atoms with E-state index in [4.69, 9.17) is 5.73 Å². The Morgan fingerprint density at radius 2 is 1.69 bits per heavy atom. The molecule has 0 atom stereocenters. The molecule has 1 saturated carbocycles. The smallest absolute Gasteiger partial charge is 0.243 e. The van der Waals surface area contributed by atoms with Crippen molar-refractivity contribution in [2.45, 2.75) is 50.7 Å². The summed E-state index contributed by atoms with van der Waals surface area (Å²) in [5, 5.41) is 8.65. The van der Waals surface area contributed by atoms with Gasteiger partial charge < -0.3 is 15.2 Å². The van der Waals surface area contributed by atoms with Crippen LogP contribution in [0.1, 0.15) is 37.9 Å². The molecule has 0 bridgehead atoms. The minimum Gasteiger partial charge on any atom is -0.332 e. The van der Waals surface area contributed by atoms with Crippen LogP contribution in [0.5, 0.6) is 0 Å². The molecule has 1 aliphatic carbocycles. The predicted octanol–water partition coefficient (Wildman–Crippen LogP) is 2.79. The van der Waals surface area contributed by atoms with E-state index in [9.17, 15) is 4.79 Å². The molecule has 6 nitrogen and oxygen atoms in total. The molecule has 2 N–H and O–H groups in total. The average molecular weight is 398 g/mol. The van der Waals surface area contributed by atoms with Crippen LogP contribution in [0.4, 0.5) is 0 Å². The van der Waals surface area contributed by atoms with Gasteiger partial charge in [0.25, 0.3) is 0 Å². The summed E-state index contributed by atoms with van der Waals surface area (Å²) in [6.45, 7) is 1.88. The molecule has 4 rings (SSSR count). The van der Waals surface area contributed by atoms with E-state index in [2.05, 4.69) is 14.8 Å². The maximum Gasteiger partial charge on any atom is 0.243 e. The Hall–Kier alpha value is -1.63. The lowest BCUT2D eigenvalue weighted by Crippen LogP contribution is -2.57. The highest BCUT2D eigenvalue weighted by atomic mass is 35.5. The average Bonchev–Trinajstić information content (AvgIpc) is 3.05. The summed E-state index contributed by atoms with van der Waals surface area (Å²) in [5.74, 6) is 1.79. The standard InChI is InChI=1S/C18H23N5O.2ClH/c19-18(9-5-2-6-10-18)17(24)22-11-12-23-15(13-22)20-21-16(23)14-7-3-1-4-8-14;;/h1,3-4,7-8H,2,5-6,9-13,19H2;2*1H. The van der Waals surface area contributed by atoms with Crippen molar-refractivity contribution in [2.75, 3.05) is 6.54 Å². The van der Waals surface area contributed by atoms with Crippen molar-refractivity contribution in [2.24, 2.45) is 5.73 Å². The van der Waals surface area contributed by atoms with Crippen LogP contribution < -0.4 is 5.73 Å². The van der Waals surface area contributed by atoms with Crippen LogP contribution in [-0.2, 0) is 17.9 Å². The minimum absolute atomic E-state index is 0. The fraction of sp³-hybridized carbons (Fsp3) is 0.500. The van der Waals surface area contributed by atoms with Gasteiger partial charge >= 0.3 is 0 Å². The number of fused-ring (bicyclic) bond motifs is 1. The first-order valence-corrected chi connectivity index (χ1v) is 8.73. The number of carbonyl (C=O) groups excluding carboxylic acids is 1. The molecule has 1 aliphatic heterocycles. The van der Waals surface area contributed by atoms with Crippen molar-refractivity contribution < 1.29 is 4.79 Å². The molecule has 0 unspecified atom stereocenters. The summed E-state index contributed by atoms with van der Waals surface area (Å²) in [7, 11) is 0.